The van der Waals surface area contributed by atoms with Crippen LogP contribution in [0.15, 0.2) is 71.6 Å². The molecule has 214 valence electrons. The summed E-state index contributed by atoms with van der Waals surface area (Å²) >= 11 is 6.01. The van der Waals surface area contributed by atoms with Gasteiger partial charge in [-0.2, -0.15) is 0 Å². The van der Waals surface area contributed by atoms with Crippen LogP contribution >= 0.6 is 11.6 Å². The van der Waals surface area contributed by atoms with Gasteiger partial charge in [0.1, 0.15) is 18.3 Å². The van der Waals surface area contributed by atoms with Crippen molar-refractivity contribution in [2.75, 3.05) is 18.0 Å². The highest BCUT2D eigenvalue weighted by atomic mass is 35.5. The molecule has 0 heterocycles. The predicted octanol–water partition coefficient (Wildman–Crippen LogP) is 5.10. The summed E-state index contributed by atoms with van der Waals surface area (Å²) in [6.45, 7) is 8.65. The quantitative estimate of drug-likeness (QED) is 0.338. The Labute approximate surface area is 241 Å². The maximum Gasteiger partial charge on any atom is 0.264 e. The van der Waals surface area contributed by atoms with Gasteiger partial charge in [0, 0.05) is 17.6 Å². The number of hydrogen-bond donors (Lipinski definition) is 1. The van der Waals surface area contributed by atoms with Gasteiger partial charge in [0.05, 0.1) is 17.7 Å². The van der Waals surface area contributed by atoms with Crippen molar-refractivity contribution in [1.29, 1.82) is 0 Å². The van der Waals surface area contributed by atoms with E-state index in [-0.39, 0.29) is 23.4 Å². The van der Waals surface area contributed by atoms with Crippen molar-refractivity contribution >= 4 is 39.1 Å². The van der Waals surface area contributed by atoms with E-state index >= 15 is 0 Å². The number of anilines is 1. The Bertz CT molecular complexity index is 1460. The Morgan fingerprint density at radius 2 is 1.62 bits per heavy atom. The van der Waals surface area contributed by atoms with Crippen LogP contribution < -0.4 is 14.4 Å². The van der Waals surface area contributed by atoms with E-state index < -0.39 is 28.5 Å². The van der Waals surface area contributed by atoms with E-state index in [9.17, 15) is 18.0 Å². The van der Waals surface area contributed by atoms with Crippen molar-refractivity contribution in [3.8, 4) is 5.75 Å². The Hall–Kier alpha value is -3.56. The van der Waals surface area contributed by atoms with Crippen molar-refractivity contribution in [1.82, 2.24) is 10.2 Å². The highest BCUT2D eigenvalue weighted by Crippen LogP contribution is 2.27. The second kappa shape index (κ2) is 13.2. The van der Waals surface area contributed by atoms with Gasteiger partial charge in [-0.1, -0.05) is 29.8 Å². The van der Waals surface area contributed by atoms with Gasteiger partial charge >= 0.3 is 0 Å². The molecule has 0 fully saturated rings. The molecule has 2 amide bonds. The fourth-order valence-electron chi connectivity index (χ4n) is 4.10. The average Bonchev–Trinajstić information content (AvgIpc) is 2.91. The summed E-state index contributed by atoms with van der Waals surface area (Å²) in [5.74, 6) is -0.277. The summed E-state index contributed by atoms with van der Waals surface area (Å²) in [4.78, 5) is 28.4. The molecule has 0 aliphatic carbocycles. The highest BCUT2D eigenvalue weighted by molar-refractivity contribution is 7.92. The summed E-state index contributed by atoms with van der Waals surface area (Å²) in [6, 6.07) is 17.2. The number of sulfonamides is 1. The third kappa shape index (κ3) is 7.55. The van der Waals surface area contributed by atoms with Gasteiger partial charge in [-0.15, -0.1) is 0 Å². The third-order valence-corrected chi connectivity index (χ3v) is 8.58. The number of carbonyl (C=O) groups is 2. The third-order valence-electron chi connectivity index (χ3n) is 6.54. The molecule has 0 aliphatic heterocycles. The van der Waals surface area contributed by atoms with E-state index in [1.165, 1.54) is 29.2 Å². The number of carbonyl (C=O) groups excluding carboxylic acids is 2. The molecule has 1 atom stereocenters. The van der Waals surface area contributed by atoms with E-state index in [1.54, 1.807) is 44.4 Å². The minimum atomic E-state index is -4.17. The number of nitrogens with zero attached hydrogens (tertiary/aromatic N) is 2. The lowest BCUT2D eigenvalue weighted by Gasteiger charge is -2.32. The number of halogens is 1. The number of nitrogens with one attached hydrogen (secondary N) is 1. The molecule has 3 aromatic carbocycles. The van der Waals surface area contributed by atoms with Crippen LogP contribution in [0.3, 0.4) is 0 Å². The normalized spacial score (nSPS) is 12.1. The smallest absolute Gasteiger partial charge is 0.264 e. The van der Waals surface area contributed by atoms with Gasteiger partial charge in [-0.3, -0.25) is 13.9 Å². The van der Waals surface area contributed by atoms with E-state index in [0.717, 1.165) is 21.0 Å². The first-order chi connectivity index (χ1) is 18.8. The Morgan fingerprint density at radius 3 is 2.23 bits per heavy atom. The van der Waals surface area contributed by atoms with E-state index in [4.69, 9.17) is 16.3 Å². The molecule has 3 aromatic rings. The monoisotopic (exact) mass is 585 g/mol. The topological polar surface area (TPSA) is 96.0 Å². The summed E-state index contributed by atoms with van der Waals surface area (Å²) in [5.41, 5.74) is 2.93. The van der Waals surface area contributed by atoms with Crippen LogP contribution in [0.2, 0.25) is 5.02 Å². The van der Waals surface area contributed by atoms with Crippen molar-refractivity contribution in [2.45, 2.75) is 58.1 Å². The minimum Gasteiger partial charge on any atom is -0.497 e. The van der Waals surface area contributed by atoms with Crippen molar-refractivity contribution in [3.63, 3.8) is 0 Å². The number of hydrogen-bond acceptors (Lipinski definition) is 5. The molecule has 0 saturated heterocycles. The summed E-state index contributed by atoms with van der Waals surface area (Å²) < 4.78 is 34.2. The van der Waals surface area contributed by atoms with Crippen LogP contribution in [-0.2, 0) is 26.2 Å². The van der Waals surface area contributed by atoms with Gasteiger partial charge in [0.2, 0.25) is 11.8 Å². The zero-order valence-corrected chi connectivity index (χ0v) is 25.2. The van der Waals surface area contributed by atoms with Gasteiger partial charge in [-0.25, -0.2) is 8.42 Å². The van der Waals surface area contributed by atoms with Gasteiger partial charge in [-0.05, 0) is 99.8 Å². The number of amides is 2. The fraction of sp³-hybridized carbons (Fsp3) is 0.333. The second-order valence-electron chi connectivity index (χ2n) is 9.95. The zero-order chi connectivity index (χ0) is 29.6. The van der Waals surface area contributed by atoms with Crippen LogP contribution in [0.4, 0.5) is 5.69 Å². The second-order valence-corrected chi connectivity index (χ2v) is 12.2. The van der Waals surface area contributed by atoms with Crippen LogP contribution in [-0.4, -0.2) is 50.9 Å². The SMILES string of the molecule is COc1cccc(CN(C(=O)CN(c2ccc(C)c(C)c2)S(=O)(=O)c2ccc(Cl)cc2)[C@@H](C)C(=O)NC(C)C)c1. The first-order valence-electron chi connectivity index (χ1n) is 12.9. The lowest BCUT2D eigenvalue weighted by atomic mass is 10.1. The molecule has 0 spiro atoms. The average molecular weight is 586 g/mol. The minimum absolute atomic E-state index is 0.00660. The van der Waals surface area contributed by atoms with Crippen LogP contribution in [0.5, 0.6) is 5.75 Å². The number of aryl methyl sites for hydroxylation is 2. The molecule has 40 heavy (non-hydrogen) atoms. The lowest BCUT2D eigenvalue weighted by molar-refractivity contribution is -0.139. The molecule has 10 heteroatoms. The van der Waals surface area contributed by atoms with Crippen molar-refractivity contribution in [2.24, 2.45) is 0 Å². The Morgan fingerprint density at radius 1 is 0.950 bits per heavy atom. The maximum atomic E-state index is 14.0. The first-order valence-corrected chi connectivity index (χ1v) is 14.7. The van der Waals surface area contributed by atoms with Gasteiger partial charge < -0.3 is 15.0 Å². The highest BCUT2D eigenvalue weighted by Gasteiger charge is 2.33. The Kier molecular flexibility index (Phi) is 10.2. The van der Waals surface area contributed by atoms with Gasteiger partial charge in [0.15, 0.2) is 0 Å². The summed E-state index contributed by atoms with van der Waals surface area (Å²) in [5, 5.41) is 3.24. The van der Waals surface area contributed by atoms with Gasteiger partial charge in [0.25, 0.3) is 10.0 Å². The molecule has 0 aromatic heterocycles. The van der Waals surface area contributed by atoms with E-state index in [0.29, 0.717) is 16.5 Å². The number of ether oxygens (including phenoxy) is 1. The fourth-order valence-corrected chi connectivity index (χ4v) is 5.63. The zero-order valence-electron chi connectivity index (χ0n) is 23.6. The van der Waals surface area contributed by atoms with Crippen LogP contribution in [0, 0.1) is 13.8 Å². The van der Waals surface area contributed by atoms with Crippen LogP contribution in [0.25, 0.3) is 0 Å². The number of methoxy groups -OCH3 is 1. The lowest BCUT2D eigenvalue weighted by Crippen LogP contribution is -2.52. The number of rotatable bonds is 11. The molecular formula is C30H36ClN3O5S. The largest absolute Gasteiger partial charge is 0.497 e. The van der Waals surface area contributed by atoms with Crippen molar-refractivity contribution < 1.29 is 22.7 Å². The summed E-state index contributed by atoms with van der Waals surface area (Å²) in [6.07, 6.45) is 0. The molecule has 0 aliphatic rings. The molecule has 1 N–H and O–H groups in total. The molecule has 0 unspecified atom stereocenters. The molecular weight excluding hydrogens is 550 g/mol. The molecule has 0 bridgehead atoms. The predicted molar refractivity (Wildman–Crippen MR) is 158 cm³/mol. The Balaban J connectivity index is 2.06. The molecule has 0 saturated carbocycles. The van der Waals surface area contributed by atoms with Crippen molar-refractivity contribution in [3.05, 3.63) is 88.4 Å². The van der Waals surface area contributed by atoms with E-state index in [1.807, 2.05) is 39.8 Å². The van der Waals surface area contributed by atoms with E-state index in [2.05, 4.69) is 5.32 Å². The van der Waals surface area contributed by atoms with Crippen LogP contribution in [0.1, 0.15) is 37.5 Å². The maximum absolute atomic E-state index is 14.0. The number of benzene rings is 3. The first kappa shape index (κ1) is 31.0. The summed E-state index contributed by atoms with van der Waals surface area (Å²) in [7, 11) is -2.63. The molecule has 8 nitrogen and oxygen atoms in total. The standard InChI is InChI=1S/C30H36ClN3O5S/c1-20(2)32-30(36)23(5)33(18-24-8-7-9-27(17-24)39-6)29(35)19-34(26-13-10-21(3)22(4)16-26)40(37,38)28-14-11-25(31)12-15-28/h7-17,20,23H,18-19H2,1-6H3,(H,32,36)/t23-/m0/s1. The molecule has 3 rings (SSSR count). The molecule has 0 radical (unpaired) electrons.